The summed E-state index contributed by atoms with van der Waals surface area (Å²) in [6.07, 6.45) is 3.02. The smallest absolute Gasteiger partial charge is 0.272 e. The van der Waals surface area contributed by atoms with Gasteiger partial charge in [0, 0.05) is 17.3 Å². The Hall–Kier alpha value is -3.60. The van der Waals surface area contributed by atoms with E-state index >= 15 is 0 Å². The summed E-state index contributed by atoms with van der Waals surface area (Å²) in [6, 6.07) is 16.4. The molecular formula is C23H22N2O3. The molecule has 0 bridgehead atoms. The molecule has 0 fully saturated rings. The van der Waals surface area contributed by atoms with Crippen LogP contribution in [0.5, 0.6) is 0 Å². The Morgan fingerprint density at radius 2 is 1.64 bits per heavy atom. The number of aryl methyl sites for hydroxylation is 3. The van der Waals surface area contributed by atoms with Crippen LogP contribution < -0.4 is 10.6 Å². The first kappa shape index (κ1) is 19.2. The van der Waals surface area contributed by atoms with Crippen LogP contribution in [0.4, 0.5) is 5.69 Å². The quantitative estimate of drug-likeness (QED) is 0.641. The molecule has 0 atom stereocenters. The molecule has 2 N–H and O–H groups in total. The highest BCUT2D eigenvalue weighted by Crippen LogP contribution is 2.20. The van der Waals surface area contributed by atoms with Gasteiger partial charge in [-0.3, -0.25) is 9.59 Å². The second-order valence-corrected chi connectivity index (χ2v) is 6.62. The highest BCUT2D eigenvalue weighted by Gasteiger charge is 2.17. The first-order valence-corrected chi connectivity index (χ1v) is 8.95. The molecule has 0 saturated carbocycles. The van der Waals surface area contributed by atoms with Crippen LogP contribution in [0.2, 0.25) is 0 Å². The summed E-state index contributed by atoms with van der Waals surface area (Å²) in [5, 5.41) is 5.60. The Balaban J connectivity index is 1.89. The number of nitrogens with one attached hydrogen (secondary N) is 2. The molecule has 0 spiro atoms. The number of anilines is 1. The largest absolute Gasteiger partial charge is 0.465 e. The van der Waals surface area contributed by atoms with Gasteiger partial charge in [-0.1, -0.05) is 35.9 Å². The highest BCUT2D eigenvalue weighted by molar-refractivity contribution is 6.11. The Kier molecular flexibility index (Phi) is 5.75. The van der Waals surface area contributed by atoms with Gasteiger partial charge in [0.25, 0.3) is 11.8 Å². The summed E-state index contributed by atoms with van der Waals surface area (Å²) < 4.78 is 5.31. The van der Waals surface area contributed by atoms with Gasteiger partial charge in [-0.2, -0.15) is 0 Å². The molecule has 0 aliphatic carbocycles. The zero-order valence-electron chi connectivity index (χ0n) is 16.1. The molecule has 0 radical (unpaired) electrons. The zero-order valence-corrected chi connectivity index (χ0v) is 16.1. The van der Waals surface area contributed by atoms with Crippen LogP contribution in [-0.4, -0.2) is 11.8 Å². The molecule has 28 heavy (non-hydrogen) atoms. The molecule has 1 heterocycles. The third kappa shape index (κ3) is 4.57. The Bertz CT molecular complexity index is 1010. The summed E-state index contributed by atoms with van der Waals surface area (Å²) in [4.78, 5) is 25.6. The molecule has 2 aromatic carbocycles. The maximum Gasteiger partial charge on any atom is 0.272 e. The topological polar surface area (TPSA) is 71.3 Å². The lowest BCUT2D eigenvalue weighted by atomic mass is 10.1. The third-order valence-corrected chi connectivity index (χ3v) is 4.32. The number of carbonyl (C=O) groups is 2. The minimum absolute atomic E-state index is 0.101. The maximum absolute atomic E-state index is 12.9. The van der Waals surface area contributed by atoms with Crippen molar-refractivity contribution in [2.45, 2.75) is 20.8 Å². The summed E-state index contributed by atoms with van der Waals surface area (Å²) >= 11 is 0. The summed E-state index contributed by atoms with van der Waals surface area (Å²) in [7, 11) is 0. The number of hydrogen-bond acceptors (Lipinski definition) is 3. The van der Waals surface area contributed by atoms with E-state index in [1.54, 1.807) is 30.3 Å². The SMILES string of the molecule is Cc1cccc(C(=O)N/C(=C\c2ccco2)C(=O)Nc2c(C)cccc2C)c1. The fraction of sp³-hybridized carbons (Fsp3) is 0.130. The van der Waals surface area contributed by atoms with Crippen molar-refractivity contribution in [1.82, 2.24) is 5.32 Å². The second kappa shape index (κ2) is 8.39. The molecule has 3 rings (SSSR count). The number of hydrogen-bond donors (Lipinski definition) is 2. The normalized spacial score (nSPS) is 11.2. The van der Waals surface area contributed by atoms with Gasteiger partial charge in [0.15, 0.2) is 0 Å². The van der Waals surface area contributed by atoms with Crippen LogP contribution >= 0.6 is 0 Å². The van der Waals surface area contributed by atoms with E-state index in [0.717, 1.165) is 22.4 Å². The Morgan fingerprint density at radius 1 is 0.929 bits per heavy atom. The highest BCUT2D eigenvalue weighted by atomic mass is 16.3. The average molecular weight is 374 g/mol. The number of rotatable bonds is 5. The lowest BCUT2D eigenvalue weighted by Crippen LogP contribution is -2.31. The van der Waals surface area contributed by atoms with Gasteiger partial charge in [0.1, 0.15) is 11.5 Å². The molecule has 0 aliphatic heterocycles. The van der Waals surface area contributed by atoms with E-state index in [-0.39, 0.29) is 11.6 Å². The fourth-order valence-electron chi connectivity index (χ4n) is 2.85. The predicted molar refractivity (Wildman–Crippen MR) is 110 cm³/mol. The van der Waals surface area contributed by atoms with E-state index in [2.05, 4.69) is 10.6 Å². The van der Waals surface area contributed by atoms with Crippen molar-refractivity contribution in [3.05, 3.63) is 94.6 Å². The first-order valence-electron chi connectivity index (χ1n) is 8.95. The van der Waals surface area contributed by atoms with E-state index in [4.69, 9.17) is 4.42 Å². The van der Waals surface area contributed by atoms with Crippen molar-refractivity contribution in [3.8, 4) is 0 Å². The van der Waals surface area contributed by atoms with Crippen LogP contribution in [-0.2, 0) is 4.79 Å². The molecule has 142 valence electrons. The van der Waals surface area contributed by atoms with Crippen molar-refractivity contribution in [2.24, 2.45) is 0 Å². The maximum atomic E-state index is 12.9. The number of benzene rings is 2. The molecule has 3 aromatic rings. The summed E-state index contributed by atoms with van der Waals surface area (Å²) in [5.74, 6) is -0.316. The molecule has 5 nitrogen and oxygen atoms in total. The van der Waals surface area contributed by atoms with E-state index in [1.807, 2.05) is 45.0 Å². The van der Waals surface area contributed by atoms with Gasteiger partial charge < -0.3 is 15.1 Å². The van der Waals surface area contributed by atoms with E-state index in [9.17, 15) is 9.59 Å². The van der Waals surface area contributed by atoms with E-state index < -0.39 is 5.91 Å². The molecule has 5 heteroatoms. The van der Waals surface area contributed by atoms with Crippen molar-refractivity contribution in [2.75, 3.05) is 5.32 Å². The van der Waals surface area contributed by atoms with Crippen LogP contribution in [0, 0.1) is 20.8 Å². The van der Waals surface area contributed by atoms with E-state index in [1.165, 1.54) is 12.3 Å². The standard InChI is InChI=1S/C23H22N2O3/c1-15-7-4-10-18(13-15)22(26)24-20(14-19-11-6-12-28-19)23(27)25-21-16(2)8-5-9-17(21)3/h4-14H,1-3H3,(H,24,26)(H,25,27)/b20-14-. The van der Waals surface area contributed by atoms with Crippen LogP contribution in [0.1, 0.15) is 32.8 Å². The van der Waals surface area contributed by atoms with Gasteiger partial charge >= 0.3 is 0 Å². The Labute approximate surface area is 164 Å². The number of carbonyl (C=O) groups excluding carboxylic acids is 2. The zero-order chi connectivity index (χ0) is 20.1. The molecule has 0 aliphatic rings. The van der Waals surface area contributed by atoms with Gasteiger partial charge in [-0.05, 0) is 56.2 Å². The fourth-order valence-corrected chi connectivity index (χ4v) is 2.85. The summed E-state index contributed by atoms with van der Waals surface area (Å²) in [6.45, 7) is 5.75. The van der Waals surface area contributed by atoms with Crippen LogP contribution in [0.25, 0.3) is 6.08 Å². The van der Waals surface area contributed by atoms with Gasteiger partial charge in [0.05, 0.1) is 6.26 Å². The van der Waals surface area contributed by atoms with Crippen molar-refractivity contribution in [3.63, 3.8) is 0 Å². The minimum atomic E-state index is -0.421. The number of furan rings is 1. The molecule has 1 aromatic heterocycles. The number of para-hydroxylation sites is 1. The molecule has 0 unspecified atom stereocenters. The second-order valence-electron chi connectivity index (χ2n) is 6.62. The molecular weight excluding hydrogens is 352 g/mol. The van der Waals surface area contributed by atoms with Gasteiger partial charge in [-0.25, -0.2) is 0 Å². The third-order valence-electron chi connectivity index (χ3n) is 4.32. The van der Waals surface area contributed by atoms with Crippen molar-refractivity contribution in [1.29, 1.82) is 0 Å². The van der Waals surface area contributed by atoms with Crippen molar-refractivity contribution < 1.29 is 14.0 Å². The van der Waals surface area contributed by atoms with Gasteiger partial charge in [-0.15, -0.1) is 0 Å². The minimum Gasteiger partial charge on any atom is -0.465 e. The first-order chi connectivity index (χ1) is 13.4. The molecule has 2 amide bonds. The lowest BCUT2D eigenvalue weighted by Gasteiger charge is -2.14. The monoisotopic (exact) mass is 374 g/mol. The van der Waals surface area contributed by atoms with Crippen LogP contribution in [0.3, 0.4) is 0 Å². The predicted octanol–water partition coefficient (Wildman–Crippen LogP) is 4.61. The molecule has 0 saturated heterocycles. The van der Waals surface area contributed by atoms with Crippen molar-refractivity contribution >= 4 is 23.6 Å². The average Bonchev–Trinajstić information content (AvgIpc) is 3.17. The van der Waals surface area contributed by atoms with E-state index in [0.29, 0.717) is 11.3 Å². The van der Waals surface area contributed by atoms with Crippen LogP contribution in [0.15, 0.2) is 71.0 Å². The Morgan fingerprint density at radius 3 is 2.29 bits per heavy atom. The summed E-state index contributed by atoms with van der Waals surface area (Å²) in [5.41, 5.74) is 4.15. The number of amides is 2. The van der Waals surface area contributed by atoms with Gasteiger partial charge in [0.2, 0.25) is 0 Å². The lowest BCUT2D eigenvalue weighted by molar-refractivity contribution is -0.113.